The number of likely N-dealkylation sites (tertiary alicyclic amines) is 1. The third-order valence-electron chi connectivity index (χ3n) is 6.11. The maximum absolute atomic E-state index is 12.8. The van der Waals surface area contributed by atoms with Gasteiger partial charge in [0.1, 0.15) is 5.60 Å². The molecule has 2 N–H and O–H groups in total. The van der Waals surface area contributed by atoms with Crippen LogP contribution in [-0.4, -0.2) is 49.7 Å². The van der Waals surface area contributed by atoms with Gasteiger partial charge in [-0.05, 0) is 55.3 Å². The molecule has 2 unspecified atom stereocenters. The molecule has 0 bridgehead atoms. The summed E-state index contributed by atoms with van der Waals surface area (Å²) in [5.74, 6) is 1.52. The number of rotatable bonds is 6. The smallest absolute Gasteiger partial charge is 0.252 e. The lowest BCUT2D eigenvalue weighted by Gasteiger charge is -2.36. The maximum Gasteiger partial charge on any atom is 0.252 e. The minimum Gasteiger partial charge on any atom is -0.368 e. The average molecular weight is 374 g/mol. The van der Waals surface area contributed by atoms with Crippen molar-refractivity contribution in [2.75, 3.05) is 33.3 Å². The summed E-state index contributed by atoms with van der Waals surface area (Å²) < 4.78 is 5.64. The van der Waals surface area contributed by atoms with E-state index in [9.17, 15) is 4.79 Å². The fourth-order valence-electron chi connectivity index (χ4n) is 4.74. The molecule has 2 aliphatic rings. The third kappa shape index (κ3) is 5.09. The van der Waals surface area contributed by atoms with Gasteiger partial charge in [-0.25, -0.2) is 0 Å². The van der Waals surface area contributed by atoms with Crippen LogP contribution < -0.4 is 10.6 Å². The fraction of sp³-hybridized carbons (Fsp3) is 0.682. The van der Waals surface area contributed by atoms with Gasteiger partial charge in [0.2, 0.25) is 0 Å². The summed E-state index contributed by atoms with van der Waals surface area (Å²) in [5, 5.41) is 6.44. The summed E-state index contributed by atoms with van der Waals surface area (Å²) in [5.41, 5.74) is 1.84. The fourth-order valence-corrected chi connectivity index (χ4v) is 4.74. The highest BCUT2D eigenvalue weighted by atomic mass is 16.5. The zero-order chi connectivity index (χ0) is 19.3. The third-order valence-corrected chi connectivity index (χ3v) is 6.11. The van der Waals surface area contributed by atoms with Crippen molar-refractivity contribution in [2.24, 2.45) is 11.8 Å². The number of carbonyl (C=O) groups excluding carboxylic acids is 1. The Kier molecular flexibility index (Phi) is 6.90. The molecular formula is C22H35N3O2. The van der Waals surface area contributed by atoms with Crippen LogP contribution in [0.2, 0.25) is 0 Å². The lowest BCUT2D eigenvalue weighted by atomic mass is 9.90. The Morgan fingerprint density at radius 2 is 1.81 bits per heavy atom. The molecule has 0 radical (unpaired) electrons. The number of nitrogens with one attached hydrogen (secondary N) is 2. The van der Waals surface area contributed by atoms with Crippen molar-refractivity contribution >= 4 is 5.91 Å². The number of benzene rings is 1. The van der Waals surface area contributed by atoms with Crippen LogP contribution in [0.3, 0.4) is 0 Å². The molecule has 2 heterocycles. The summed E-state index contributed by atoms with van der Waals surface area (Å²) in [6, 6.07) is 8.49. The molecule has 1 amide bonds. The summed E-state index contributed by atoms with van der Waals surface area (Å²) in [6.45, 7) is 10.2. The van der Waals surface area contributed by atoms with E-state index in [1.54, 1.807) is 7.11 Å². The highest BCUT2D eigenvalue weighted by Gasteiger charge is 2.39. The minimum absolute atomic E-state index is 0.0153. The first-order chi connectivity index (χ1) is 13.0. The quantitative estimate of drug-likeness (QED) is 0.805. The number of hydrogen-bond acceptors (Lipinski definition) is 4. The summed E-state index contributed by atoms with van der Waals surface area (Å²) in [4.78, 5) is 15.4. The van der Waals surface area contributed by atoms with Gasteiger partial charge in [0, 0.05) is 33.3 Å². The van der Waals surface area contributed by atoms with Gasteiger partial charge in [-0.1, -0.05) is 38.1 Å². The van der Waals surface area contributed by atoms with Gasteiger partial charge in [-0.3, -0.25) is 9.69 Å². The molecule has 3 rings (SSSR count). The second-order valence-electron chi connectivity index (χ2n) is 8.54. The van der Waals surface area contributed by atoms with Gasteiger partial charge in [0.05, 0.1) is 0 Å². The lowest BCUT2D eigenvalue weighted by molar-refractivity contribution is -0.146. The number of nitrogens with zero attached hydrogens (tertiary/aromatic N) is 1. The Hall–Kier alpha value is -1.43. The van der Waals surface area contributed by atoms with Crippen molar-refractivity contribution < 1.29 is 9.53 Å². The first kappa shape index (κ1) is 20.3. The van der Waals surface area contributed by atoms with Gasteiger partial charge in [-0.15, -0.1) is 0 Å². The molecule has 1 aromatic rings. The Morgan fingerprint density at radius 1 is 1.19 bits per heavy atom. The van der Waals surface area contributed by atoms with E-state index in [1.165, 1.54) is 17.5 Å². The number of piperidine rings is 2. The van der Waals surface area contributed by atoms with Crippen LogP contribution in [0, 0.1) is 11.8 Å². The number of carbonyl (C=O) groups is 1. The zero-order valence-electron chi connectivity index (χ0n) is 17.1. The van der Waals surface area contributed by atoms with E-state index in [1.807, 2.05) is 0 Å². The SMILES string of the molecule is COC1(C(=O)NCc2ccccc2CN2CC(C)CC(C)C2)CCNCC1. The Labute approximate surface area is 163 Å². The normalized spacial score (nSPS) is 25.9. The monoisotopic (exact) mass is 373 g/mol. The largest absolute Gasteiger partial charge is 0.368 e. The number of methoxy groups -OCH3 is 1. The topological polar surface area (TPSA) is 53.6 Å². The highest BCUT2D eigenvalue weighted by molar-refractivity contribution is 5.85. The van der Waals surface area contributed by atoms with E-state index in [2.05, 4.69) is 53.6 Å². The molecule has 0 saturated carbocycles. The molecule has 5 nitrogen and oxygen atoms in total. The molecule has 0 spiro atoms. The predicted octanol–water partition coefficient (Wildman–Crippen LogP) is 2.55. The first-order valence-corrected chi connectivity index (χ1v) is 10.4. The van der Waals surface area contributed by atoms with Crippen LogP contribution in [0.25, 0.3) is 0 Å². The second-order valence-corrected chi connectivity index (χ2v) is 8.54. The van der Waals surface area contributed by atoms with Crippen molar-refractivity contribution in [2.45, 2.75) is 51.8 Å². The molecule has 0 aromatic heterocycles. The summed E-state index contributed by atoms with van der Waals surface area (Å²) in [6.07, 6.45) is 2.77. The Balaban J connectivity index is 1.63. The molecule has 5 heteroatoms. The van der Waals surface area contributed by atoms with Crippen molar-refractivity contribution in [3.63, 3.8) is 0 Å². The molecular weight excluding hydrogens is 338 g/mol. The van der Waals surface area contributed by atoms with E-state index < -0.39 is 5.60 Å². The molecule has 2 atom stereocenters. The van der Waals surface area contributed by atoms with E-state index in [0.29, 0.717) is 6.54 Å². The van der Waals surface area contributed by atoms with Gasteiger partial charge >= 0.3 is 0 Å². The highest BCUT2D eigenvalue weighted by Crippen LogP contribution is 2.25. The van der Waals surface area contributed by atoms with E-state index in [4.69, 9.17) is 4.74 Å². The summed E-state index contributed by atoms with van der Waals surface area (Å²) >= 11 is 0. The van der Waals surface area contributed by atoms with Gasteiger partial charge in [-0.2, -0.15) is 0 Å². The second kappa shape index (κ2) is 9.18. The molecule has 27 heavy (non-hydrogen) atoms. The standard InChI is InChI=1S/C22H35N3O2/c1-17-12-18(2)15-25(14-17)16-20-7-5-4-6-19(20)13-24-21(26)22(27-3)8-10-23-11-9-22/h4-7,17-18,23H,8-16H2,1-3H3,(H,24,26). The molecule has 150 valence electrons. The van der Waals surface area contributed by atoms with E-state index in [0.717, 1.165) is 57.4 Å². The maximum atomic E-state index is 12.8. The van der Waals surface area contributed by atoms with Gasteiger partial charge < -0.3 is 15.4 Å². The van der Waals surface area contributed by atoms with E-state index >= 15 is 0 Å². The minimum atomic E-state index is -0.683. The van der Waals surface area contributed by atoms with Crippen LogP contribution >= 0.6 is 0 Å². The van der Waals surface area contributed by atoms with Crippen LogP contribution in [0.15, 0.2) is 24.3 Å². The lowest BCUT2D eigenvalue weighted by Crippen LogP contribution is -2.54. The van der Waals surface area contributed by atoms with Crippen molar-refractivity contribution in [3.05, 3.63) is 35.4 Å². The van der Waals surface area contributed by atoms with Crippen LogP contribution in [-0.2, 0) is 22.6 Å². The van der Waals surface area contributed by atoms with Gasteiger partial charge in [0.25, 0.3) is 5.91 Å². The summed E-state index contributed by atoms with van der Waals surface area (Å²) in [7, 11) is 1.65. The molecule has 0 aliphatic carbocycles. The number of hydrogen-bond donors (Lipinski definition) is 2. The van der Waals surface area contributed by atoms with Crippen molar-refractivity contribution in [1.82, 2.24) is 15.5 Å². The molecule has 2 aliphatic heterocycles. The number of ether oxygens (including phenoxy) is 1. The first-order valence-electron chi connectivity index (χ1n) is 10.4. The van der Waals surface area contributed by atoms with Crippen LogP contribution in [0.1, 0.15) is 44.2 Å². The van der Waals surface area contributed by atoms with Crippen LogP contribution in [0.5, 0.6) is 0 Å². The van der Waals surface area contributed by atoms with Gasteiger partial charge in [0.15, 0.2) is 0 Å². The van der Waals surface area contributed by atoms with Crippen molar-refractivity contribution in [3.8, 4) is 0 Å². The zero-order valence-corrected chi connectivity index (χ0v) is 17.1. The Bertz CT molecular complexity index is 618. The molecule has 2 fully saturated rings. The number of amides is 1. The average Bonchev–Trinajstić information content (AvgIpc) is 2.66. The predicted molar refractivity (Wildman–Crippen MR) is 108 cm³/mol. The molecule has 2 saturated heterocycles. The Morgan fingerprint density at radius 3 is 2.44 bits per heavy atom. The van der Waals surface area contributed by atoms with E-state index in [-0.39, 0.29) is 5.91 Å². The molecule has 1 aromatic carbocycles. The van der Waals surface area contributed by atoms with Crippen molar-refractivity contribution in [1.29, 1.82) is 0 Å². The van der Waals surface area contributed by atoms with Crippen LogP contribution in [0.4, 0.5) is 0 Å².